The van der Waals surface area contributed by atoms with Gasteiger partial charge in [-0.2, -0.15) is 0 Å². The Morgan fingerprint density at radius 3 is 1.71 bits per heavy atom. The summed E-state index contributed by atoms with van der Waals surface area (Å²) in [4.78, 5) is 15.6. The van der Waals surface area contributed by atoms with Crippen molar-refractivity contribution in [2.75, 3.05) is 0 Å². The van der Waals surface area contributed by atoms with Crippen molar-refractivity contribution in [2.24, 2.45) is 0 Å². The van der Waals surface area contributed by atoms with Gasteiger partial charge in [0.25, 0.3) is 0 Å². The largest absolute Gasteiger partial charge is 0.456 e. The number of para-hydroxylation sites is 2. The molecule has 8 aromatic carbocycles. The zero-order chi connectivity index (χ0) is 34.2. The molecule has 0 saturated heterocycles. The molecule has 52 heavy (non-hydrogen) atoms. The second kappa shape index (κ2) is 11.2. The van der Waals surface area contributed by atoms with Crippen LogP contribution in [0.2, 0.25) is 0 Å². The topological polar surface area (TPSA) is 65.0 Å². The third-order valence-corrected chi connectivity index (χ3v) is 10.1. The molecule has 0 saturated carbocycles. The molecule has 242 valence electrons. The van der Waals surface area contributed by atoms with Gasteiger partial charge in [0.1, 0.15) is 22.3 Å². The summed E-state index contributed by atoms with van der Waals surface area (Å²) < 4.78 is 12.8. The number of benzene rings is 8. The van der Waals surface area contributed by atoms with Crippen LogP contribution in [0.1, 0.15) is 0 Å². The lowest BCUT2D eigenvalue weighted by atomic mass is 9.95. The van der Waals surface area contributed by atoms with Crippen molar-refractivity contribution in [3.63, 3.8) is 0 Å². The highest BCUT2D eigenvalue weighted by Crippen LogP contribution is 2.42. The van der Waals surface area contributed by atoms with Crippen LogP contribution in [-0.4, -0.2) is 15.0 Å². The molecule has 0 aliphatic carbocycles. The van der Waals surface area contributed by atoms with Crippen molar-refractivity contribution in [1.82, 2.24) is 15.0 Å². The normalized spacial score (nSPS) is 11.8. The molecule has 3 aromatic heterocycles. The monoisotopic (exact) mass is 665 g/mol. The molecule has 0 amide bonds. The lowest BCUT2D eigenvalue weighted by Crippen LogP contribution is -2.01. The predicted octanol–water partition coefficient (Wildman–Crippen LogP) is 12.6. The van der Waals surface area contributed by atoms with Gasteiger partial charge in [-0.25, -0.2) is 15.0 Å². The van der Waals surface area contributed by atoms with Gasteiger partial charge in [-0.05, 0) is 69.1 Å². The second-order valence-corrected chi connectivity index (χ2v) is 13.2. The number of rotatable bonds is 4. The minimum absolute atomic E-state index is 0.568. The quantitative estimate of drug-likeness (QED) is 0.175. The molecule has 0 unspecified atom stereocenters. The summed E-state index contributed by atoms with van der Waals surface area (Å²) in [6.45, 7) is 0. The molecule has 0 atom stereocenters. The number of hydrogen-bond donors (Lipinski definition) is 0. The van der Waals surface area contributed by atoms with Gasteiger partial charge in [-0.3, -0.25) is 0 Å². The van der Waals surface area contributed by atoms with Gasteiger partial charge >= 0.3 is 0 Å². The molecule has 5 nitrogen and oxygen atoms in total. The van der Waals surface area contributed by atoms with E-state index in [0.717, 1.165) is 71.7 Å². The highest BCUT2D eigenvalue weighted by Gasteiger charge is 2.21. The standard InChI is InChI=1S/C47H27N3O2/c1-2-12-29(13-3-1)45-48-46(37-17-10-20-41-43(37)35-15-6-8-18-39(35)51-41)50-47(49-45)38-26-32(27-42-44(38)36-16-7-9-19-40(36)52-42)30-23-24-34-31(25-30)22-21-28-11-4-5-14-33(28)34/h1-27H. The summed E-state index contributed by atoms with van der Waals surface area (Å²) >= 11 is 0. The molecule has 11 aromatic rings. The van der Waals surface area contributed by atoms with E-state index in [0.29, 0.717) is 17.5 Å². The summed E-state index contributed by atoms with van der Waals surface area (Å²) in [5, 5.41) is 8.85. The van der Waals surface area contributed by atoms with Gasteiger partial charge in [-0.1, -0.05) is 127 Å². The molecule has 0 fully saturated rings. The first-order chi connectivity index (χ1) is 25.7. The number of aromatic nitrogens is 3. The van der Waals surface area contributed by atoms with Gasteiger partial charge in [0.05, 0.1) is 0 Å². The van der Waals surface area contributed by atoms with Gasteiger partial charge < -0.3 is 8.83 Å². The maximum absolute atomic E-state index is 6.56. The maximum Gasteiger partial charge on any atom is 0.164 e. The zero-order valence-electron chi connectivity index (χ0n) is 27.7. The lowest BCUT2D eigenvalue weighted by Gasteiger charge is -2.12. The van der Waals surface area contributed by atoms with Gasteiger partial charge in [0.2, 0.25) is 0 Å². The van der Waals surface area contributed by atoms with Crippen molar-refractivity contribution < 1.29 is 8.83 Å². The van der Waals surface area contributed by atoms with Gasteiger partial charge in [-0.15, -0.1) is 0 Å². The SMILES string of the molecule is c1ccc(-c2nc(-c3cccc4oc5ccccc5c34)nc(-c3cc(-c4ccc5c(ccc6ccccc65)c4)cc4oc5ccccc5c34)n2)cc1. The first-order valence-corrected chi connectivity index (χ1v) is 17.3. The molecular weight excluding hydrogens is 639 g/mol. The Hall–Kier alpha value is -7.11. The Balaban J connectivity index is 1.20. The molecule has 5 heteroatoms. The van der Waals surface area contributed by atoms with Crippen molar-refractivity contribution >= 4 is 65.4 Å². The first-order valence-electron chi connectivity index (χ1n) is 17.3. The summed E-state index contributed by atoms with van der Waals surface area (Å²) in [5.41, 5.74) is 7.97. The fourth-order valence-electron chi connectivity index (χ4n) is 7.68. The lowest BCUT2D eigenvalue weighted by molar-refractivity contribution is 0.668. The minimum atomic E-state index is 0.568. The van der Waals surface area contributed by atoms with Gasteiger partial charge in [0.15, 0.2) is 17.5 Å². The highest BCUT2D eigenvalue weighted by molar-refractivity contribution is 6.15. The van der Waals surface area contributed by atoms with Crippen molar-refractivity contribution in [3.05, 3.63) is 164 Å². The number of hydrogen-bond acceptors (Lipinski definition) is 5. The highest BCUT2D eigenvalue weighted by atomic mass is 16.3. The Bertz CT molecular complexity index is 3190. The van der Waals surface area contributed by atoms with E-state index >= 15 is 0 Å². The Morgan fingerprint density at radius 1 is 0.308 bits per heavy atom. The first kappa shape index (κ1) is 28.7. The van der Waals surface area contributed by atoms with Crippen molar-refractivity contribution in [1.29, 1.82) is 0 Å². The summed E-state index contributed by atoms with van der Waals surface area (Å²) in [7, 11) is 0. The van der Waals surface area contributed by atoms with E-state index in [4.69, 9.17) is 23.8 Å². The Morgan fingerprint density at radius 2 is 0.904 bits per heavy atom. The van der Waals surface area contributed by atoms with E-state index in [-0.39, 0.29) is 0 Å². The fraction of sp³-hybridized carbons (Fsp3) is 0. The summed E-state index contributed by atoms with van der Waals surface area (Å²) in [6.07, 6.45) is 0. The third-order valence-electron chi connectivity index (χ3n) is 10.1. The molecule has 0 radical (unpaired) electrons. The molecule has 0 aliphatic rings. The van der Waals surface area contributed by atoms with E-state index in [2.05, 4.69) is 84.9 Å². The Kier molecular flexibility index (Phi) is 6.18. The van der Waals surface area contributed by atoms with Crippen LogP contribution in [0.4, 0.5) is 0 Å². The maximum atomic E-state index is 6.56. The molecule has 0 aliphatic heterocycles. The molecular formula is C47H27N3O2. The van der Waals surface area contributed by atoms with E-state index in [1.54, 1.807) is 0 Å². The molecule has 0 bridgehead atoms. The van der Waals surface area contributed by atoms with Crippen molar-refractivity contribution in [2.45, 2.75) is 0 Å². The van der Waals surface area contributed by atoms with E-state index in [1.165, 1.54) is 21.5 Å². The molecule has 3 heterocycles. The molecule has 0 spiro atoms. The predicted molar refractivity (Wildman–Crippen MR) is 211 cm³/mol. The summed E-state index contributed by atoms with van der Waals surface area (Å²) in [5.74, 6) is 1.73. The van der Waals surface area contributed by atoms with Crippen LogP contribution in [0, 0.1) is 0 Å². The minimum Gasteiger partial charge on any atom is -0.456 e. The number of furan rings is 2. The van der Waals surface area contributed by atoms with E-state index < -0.39 is 0 Å². The van der Waals surface area contributed by atoms with Crippen LogP contribution < -0.4 is 0 Å². The van der Waals surface area contributed by atoms with Crippen LogP contribution in [-0.2, 0) is 0 Å². The third kappa shape index (κ3) is 4.46. The average Bonchev–Trinajstić information content (AvgIpc) is 3.79. The summed E-state index contributed by atoms with van der Waals surface area (Å²) in [6, 6.07) is 56.3. The number of nitrogens with zero attached hydrogens (tertiary/aromatic N) is 3. The zero-order valence-corrected chi connectivity index (χ0v) is 27.7. The van der Waals surface area contributed by atoms with Crippen LogP contribution in [0.25, 0.3) is 111 Å². The molecule has 11 rings (SSSR count). The number of fused-ring (bicyclic) bond motifs is 9. The van der Waals surface area contributed by atoms with Crippen molar-refractivity contribution in [3.8, 4) is 45.3 Å². The Labute approximate surface area is 297 Å². The van der Waals surface area contributed by atoms with Crippen LogP contribution in [0.3, 0.4) is 0 Å². The smallest absolute Gasteiger partial charge is 0.164 e. The van der Waals surface area contributed by atoms with Crippen LogP contribution in [0.5, 0.6) is 0 Å². The molecule has 0 N–H and O–H groups in total. The van der Waals surface area contributed by atoms with Crippen LogP contribution >= 0.6 is 0 Å². The fourth-order valence-corrected chi connectivity index (χ4v) is 7.68. The second-order valence-electron chi connectivity index (χ2n) is 13.2. The van der Waals surface area contributed by atoms with Crippen LogP contribution in [0.15, 0.2) is 173 Å². The van der Waals surface area contributed by atoms with Gasteiger partial charge in [0, 0.05) is 38.2 Å². The van der Waals surface area contributed by atoms with E-state index in [9.17, 15) is 0 Å². The average molecular weight is 666 g/mol. The van der Waals surface area contributed by atoms with E-state index in [1.807, 2.05) is 78.9 Å².